The number of methoxy groups -OCH3 is 1. The average molecular weight is 464 g/mol. The Hall–Kier alpha value is -2.98. The average Bonchev–Trinajstić information content (AvgIpc) is 2.79. The number of benzene rings is 2. The molecule has 1 fully saturated rings. The van der Waals surface area contributed by atoms with Crippen molar-refractivity contribution in [3.63, 3.8) is 0 Å². The van der Waals surface area contributed by atoms with E-state index in [1.807, 2.05) is 0 Å². The van der Waals surface area contributed by atoms with Gasteiger partial charge in [-0.2, -0.15) is 4.31 Å². The van der Waals surface area contributed by atoms with Gasteiger partial charge in [0.05, 0.1) is 17.9 Å². The summed E-state index contributed by atoms with van der Waals surface area (Å²) in [6, 6.07) is 10.6. The van der Waals surface area contributed by atoms with Crippen molar-refractivity contribution in [1.82, 2.24) is 9.62 Å². The molecule has 2 N–H and O–H groups in total. The Balaban J connectivity index is 1.60. The van der Waals surface area contributed by atoms with E-state index in [1.54, 1.807) is 31.2 Å². The number of carbonyl (C=O) groups is 2. The predicted octanol–water partition coefficient (Wildman–Crippen LogP) is 2.38. The topological polar surface area (TPSA) is 105 Å². The van der Waals surface area contributed by atoms with Crippen LogP contribution in [0, 0.1) is 11.7 Å². The molecule has 0 aromatic heterocycles. The Morgan fingerprint density at radius 3 is 2.59 bits per heavy atom. The highest BCUT2D eigenvalue weighted by Gasteiger charge is 2.34. The van der Waals surface area contributed by atoms with Gasteiger partial charge in [-0.1, -0.05) is 6.07 Å². The summed E-state index contributed by atoms with van der Waals surface area (Å²) in [7, 11) is -2.32. The standard InChI is InChI=1S/C22H26FN3O5S/c1-15(21(27)25-18-6-3-7-19(13-18)31-2)24-22(28)16-5-4-12-26(14-16)32(29,30)20-10-8-17(23)9-11-20/h3,6-11,13,15-16H,4-5,12,14H2,1-2H3,(H,24,28)(H,25,27)/t15-,16?/m0/s1. The van der Waals surface area contributed by atoms with Crippen LogP contribution in [-0.2, 0) is 19.6 Å². The van der Waals surface area contributed by atoms with Crippen LogP contribution >= 0.6 is 0 Å². The van der Waals surface area contributed by atoms with Crippen molar-refractivity contribution >= 4 is 27.5 Å². The zero-order chi connectivity index (χ0) is 23.3. The molecular weight excluding hydrogens is 437 g/mol. The second-order valence-corrected chi connectivity index (χ2v) is 9.55. The van der Waals surface area contributed by atoms with Crippen LogP contribution in [0.2, 0.25) is 0 Å². The molecule has 0 aliphatic carbocycles. The lowest BCUT2D eigenvalue weighted by Gasteiger charge is -2.31. The molecule has 1 aliphatic heterocycles. The number of hydrogen-bond acceptors (Lipinski definition) is 5. The van der Waals surface area contributed by atoms with Gasteiger partial charge >= 0.3 is 0 Å². The maximum Gasteiger partial charge on any atom is 0.246 e. The van der Waals surface area contributed by atoms with Gasteiger partial charge in [0.2, 0.25) is 21.8 Å². The first kappa shape index (κ1) is 23.7. The number of amides is 2. The minimum absolute atomic E-state index is 0.00420. The monoisotopic (exact) mass is 463 g/mol. The van der Waals surface area contributed by atoms with Crippen molar-refractivity contribution in [2.24, 2.45) is 5.92 Å². The van der Waals surface area contributed by atoms with Gasteiger partial charge in [0.1, 0.15) is 17.6 Å². The van der Waals surface area contributed by atoms with Gasteiger partial charge in [-0.15, -0.1) is 0 Å². The molecule has 2 aromatic rings. The first-order valence-corrected chi connectivity index (χ1v) is 11.7. The lowest BCUT2D eigenvalue weighted by Crippen LogP contribution is -2.49. The fourth-order valence-electron chi connectivity index (χ4n) is 3.48. The molecule has 1 saturated heterocycles. The van der Waals surface area contributed by atoms with E-state index in [4.69, 9.17) is 4.74 Å². The molecule has 32 heavy (non-hydrogen) atoms. The Labute approximate surface area is 186 Å². The van der Waals surface area contributed by atoms with E-state index in [2.05, 4.69) is 10.6 Å². The summed E-state index contributed by atoms with van der Waals surface area (Å²) >= 11 is 0. The molecule has 2 atom stereocenters. The molecule has 0 bridgehead atoms. The van der Waals surface area contributed by atoms with E-state index in [-0.39, 0.29) is 18.0 Å². The van der Waals surface area contributed by atoms with E-state index in [0.717, 1.165) is 12.1 Å². The van der Waals surface area contributed by atoms with Crippen LogP contribution in [0.5, 0.6) is 5.75 Å². The summed E-state index contributed by atoms with van der Waals surface area (Å²) in [4.78, 5) is 25.2. The number of nitrogens with zero attached hydrogens (tertiary/aromatic N) is 1. The van der Waals surface area contributed by atoms with Crippen LogP contribution in [0.1, 0.15) is 19.8 Å². The highest BCUT2D eigenvalue weighted by atomic mass is 32.2. The Morgan fingerprint density at radius 2 is 1.91 bits per heavy atom. The van der Waals surface area contributed by atoms with Crippen LogP contribution in [0.4, 0.5) is 10.1 Å². The second kappa shape index (κ2) is 10.1. The lowest BCUT2D eigenvalue weighted by molar-refractivity contribution is -0.129. The van der Waals surface area contributed by atoms with Gasteiger partial charge in [-0.3, -0.25) is 9.59 Å². The molecule has 0 spiro atoms. The minimum atomic E-state index is -3.84. The van der Waals surface area contributed by atoms with E-state index in [9.17, 15) is 22.4 Å². The first-order valence-electron chi connectivity index (χ1n) is 10.2. The van der Waals surface area contributed by atoms with Crippen LogP contribution in [0.3, 0.4) is 0 Å². The number of rotatable bonds is 7. The molecule has 10 heteroatoms. The van der Waals surface area contributed by atoms with Gasteiger partial charge in [-0.05, 0) is 56.2 Å². The third kappa shape index (κ3) is 5.63. The van der Waals surface area contributed by atoms with Crippen molar-refractivity contribution in [1.29, 1.82) is 0 Å². The largest absolute Gasteiger partial charge is 0.497 e. The van der Waals surface area contributed by atoms with Gasteiger partial charge in [0.25, 0.3) is 0 Å². The summed E-state index contributed by atoms with van der Waals surface area (Å²) in [6.07, 6.45) is 1.01. The molecule has 1 unspecified atom stereocenters. The van der Waals surface area contributed by atoms with Crippen molar-refractivity contribution in [2.75, 3.05) is 25.5 Å². The number of ether oxygens (including phenoxy) is 1. The maximum atomic E-state index is 13.1. The van der Waals surface area contributed by atoms with Gasteiger partial charge in [0, 0.05) is 24.8 Å². The van der Waals surface area contributed by atoms with Crippen molar-refractivity contribution in [3.05, 3.63) is 54.3 Å². The fourth-order valence-corrected chi connectivity index (χ4v) is 5.00. The molecule has 172 valence electrons. The summed E-state index contributed by atoms with van der Waals surface area (Å²) in [6.45, 7) is 1.83. The summed E-state index contributed by atoms with van der Waals surface area (Å²) < 4.78 is 45.2. The van der Waals surface area contributed by atoms with E-state index < -0.39 is 39.6 Å². The van der Waals surface area contributed by atoms with E-state index >= 15 is 0 Å². The highest BCUT2D eigenvalue weighted by Crippen LogP contribution is 2.24. The van der Waals surface area contributed by atoms with E-state index in [1.165, 1.54) is 23.5 Å². The van der Waals surface area contributed by atoms with Crippen molar-refractivity contribution in [2.45, 2.75) is 30.7 Å². The second-order valence-electron chi connectivity index (χ2n) is 7.61. The molecule has 8 nitrogen and oxygen atoms in total. The fraction of sp³-hybridized carbons (Fsp3) is 0.364. The molecule has 2 amide bonds. The van der Waals surface area contributed by atoms with Crippen molar-refractivity contribution in [3.8, 4) is 5.75 Å². The molecular formula is C22H26FN3O5S. The first-order chi connectivity index (χ1) is 15.2. The SMILES string of the molecule is COc1cccc(NC(=O)[C@H](C)NC(=O)C2CCCN(S(=O)(=O)c3ccc(F)cc3)C2)c1. The van der Waals surface area contributed by atoms with Crippen LogP contribution < -0.4 is 15.4 Å². The Bertz CT molecular complexity index is 1080. The number of sulfonamides is 1. The molecule has 3 rings (SSSR count). The van der Waals surface area contributed by atoms with Gasteiger partial charge < -0.3 is 15.4 Å². The summed E-state index contributed by atoms with van der Waals surface area (Å²) in [5, 5.41) is 5.38. The highest BCUT2D eigenvalue weighted by molar-refractivity contribution is 7.89. The van der Waals surface area contributed by atoms with Crippen molar-refractivity contribution < 1.29 is 27.1 Å². The number of anilines is 1. The molecule has 1 aliphatic rings. The van der Waals surface area contributed by atoms with Crippen LogP contribution in [0.25, 0.3) is 0 Å². The van der Waals surface area contributed by atoms with Gasteiger partial charge in [-0.25, -0.2) is 12.8 Å². The molecule has 0 saturated carbocycles. The normalized spacial score (nSPS) is 17.9. The maximum absolute atomic E-state index is 13.1. The zero-order valence-electron chi connectivity index (χ0n) is 17.9. The van der Waals surface area contributed by atoms with Crippen LogP contribution in [-0.4, -0.2) is 50.8 Å². The van der Waals surface area contributed by atoms with E-state index in [0.29, 0.717) is 24.3 Å². The number of piperidine rings is 1. The number of hydrogen-bond donors (Lipinski definition) is 2. The summed E-state index contributed by atoms with van der Waals surface area (Å²) in [5.41, 5.74) is 0.532. The minimum Gasteiger partial charge on any atom is -0.497 e. The molecule has 2 aromatic carbocycles. The number of nitrogens with one attached hydrogen (secondary N) is 2. The van der Waals surface area contributed by atoms with Crippen LogP contribution in [0.15, 0.2) is 53.4 Å². The lowest BCUT2D eigenvalue weighted by atomic mass is 9.98. The quantitative estimate of drug-likeness (QED) is 0.656. The zero-order valence-corrected chi connectivity index (χ0v) is 18.7. The molecule has 0 radical (unpaired) electrons. The predicted molar refractivity (Wildman–Crippen MR) is 117 cm³/mol. The smallest absolute Gasteiger partial charge is 0.246 e. The third-order valence-corrected chi connectivity index (χ3v) is 7.18. The number of carbonyl (C=O) groups excluding carboxylic acids is 2. The summed E-state index contributed by atoms with van der Waals surface area (Å²) in [5.74, 6) is -1.33. The Morgan fingerprint density at radius 1 is 1.19 bits per heavy atom. The Kier molecular flexibility index (Phi) is 7.47. The third-order valence-electron chi connectivity index (χ3n) is 5.30. The van der Waals surface area contributed by atoms with Gasteiger partial charge in [0.15, 0.2) is 0 Å². The number of halogens is 1. The molecule has 1 heterocycles.